The second kappa shape index (κ2) is 4.33. The highest BCUT2D eigenvalue weighted by atomic mass is 35.5. The molecule has 1 aromatic rings. The molecule has 6 heteroatoms. The van der Waals surface area contributed by atoms with Gasteiger partial charge >= 0.3 is 7.12 Å². The number of halogens is 2. The average molecular weight is 220 g/mol. The number of benzene rings is 1. The van der Waals surface area contributed by atoms with Crippen LogP contribution in [0.4, 0.5) is 4.39 Å². The van der Waals surface area contributed by atoms with E-state index in [0.29, 0.717) is 4.90 Å². The summed E-state index contributed by atoms with van der Waals surface area (Å²) in [5.74, 6) is -0.702. The fraction of sp³-hybridized carbons (Fsp3) is 0.143. The van der Waals surface area contributed by atoms with Crippen LogP contribution in [0.25, 0.3) is 0 Å². The molecule has 0 amide bonds. The van der Waals surface area contributed by atoms with Gasteiger partial charge in [0.2, 0.25) is 0 Å². The molecule has 2 nitrogen and oxygen atoms in total. The molecule has 0 bridgehead atoms. The monoisotopic (exact) mass is 220 g/mol. The van der Waals surface area contributed by atoms with Gasteiger partial charge in [-0.15, -0.1) is 11.8 Å². The Kier molecular flexibility index (Phi) is 3.61. The van der Waals surface area contributed by atoms with Crippen LogP contribution >= 0.6 is 23.4 Å². The molecule has 0 radical (unpaired) electrons. The van der Waals surface area contributed by atoms with E-state index in [1.807, 2.05) is 0 Å². The van der Waals surface area contributed by atoms with Crippen molar-refractivity contribution in [1.29, 1.82) is 0 Å². The lowest BCUT2D eigenvalue weighted by atomic mass is 9.80. The third kappa shape index (κ3) is 2.37. The molecule has 0 saturated carbocycles. The molecule has 1 aromatic carbocycles. The van der Waals surface area contributed by atoms with Crippen LogP contribution < -0.4 is 5.46 Å². The van der Waals surface area contributed by atoms with E-state index in [1.165, 1.54) is 23.9 Å². The van der Waals surface area contributed by atoms with Gasteiger partial charge < -0.3 is 10.0 Å². The van der Waals surface area contributed by atoms with Gasteiger partial charge in [0.05, 0.1) is 0 Å². The topological polar surface area (TPSA) is 40.5 Å². The van der Waals surface area contributed by atoms with Gasteiger partial charge in [-0.05, 0) is 18.4 Å². The molecule has 0 aliphatic rings. The van der Waals surface area contributed by atoms with Gasteiger partial charge in [0.15, 0.2) is 0 Å². The highest BCUT2D eigenvalue weighted by molar-refractivity contribution is 7.98. The Morgan fingerprint density at radius 1 is 1.46 bits per heavy atom. The Morgan fingerprint density at radius 2 is 2.08 bits per heavy atom. The van der Waals surface area contributed by atoms with Crippen LogP contribution in [-0.4, -0.2) is 23.4 Å². The van der Waals surface area contributed by atoms with E-state index in [4.69, 9.17) is 21.6 Å². The van der Waals surface area contributed by atoms with Crippen LogP contribution in [0.15, 0.2) is 17.0 Å². The standard InChI is InChI=1S/C7H7BClFO2S/c1-13-4-2-5(9)7(8(11)12)6(10)3-4/h2-3,11-12H,1H3. The summed E-state index contributed by atoms with van der Waals surface area (Å²) in [5, 5.41) is 17.6. The maximum absolute atomic E-state index is 13.1. The first-order valence-corrected chi connectivity index (χ1v) is 5.05. The summed E-state index contributed by atoms with van der Waals surface area (Å²) in [6.45, 7) is 0. The van der Waals surface area contributed by atoms with Crippen molar-refractivity contribution in [3.63, 3.8) is 0 Å². The zero-order valence-corrected chi connectivity index (χ0v) is 8.36. The first-order chi connectivity index (χ1) is 6.06. The fourth-order valence-electron chi connectivity index (χ4n) is 0.926. The molecule has 0 aliphatic carbocycles. The Balaban J connectivity index is 3.23. The largest absolute Gasteiger partial charge is 0.492 e. The molecule has 0 aromatic heterocycles. The first-order valence-electron chi connectivity index (χ1n) is 3.45. The third-order valence-corrected chi connectivity index (χ3v) is 2.57. The SMILES string of the molecule is CSc1cc(F)c(B(O)O)c(Cl)c1. The van der Waals surface area contributed by atoms with Crippen LogP contribution in [0.3, 0.4) is 0 Å². The van der Waals surface area contributed by atoms with Gasteiger partial charge in [-0.2, -0.15) is 0 Å². The van der Waals surface area contributed by atoms with Crippen molar-refractivity contribution in [3.8, 4) is 0 Å². The van der Waals surface area contributed by atoms with E-state index in [-0.39, 0.29) is 10.5 Å². The third-order valence-electron chi connectivity index (χ3n) is 1.55. The summed E-state index contributed by atoms with van der Waals surface area (Å²) in [5.41, 5.74) is -0.278. The van der Waals surface area contributed by atoms with Crippen LogP contribution in [0, 0.1) is 5.82 Å². The Bertz CT molecular complexity index is 298. The molecule has 0 fully saturated rings. The van der Waals surface area contributed by atoms with Crippen molar-refractivity contribution >= 4 is 35.9 Å². The molecule has 0 atom stereocenters. The molecule has 70 valence electrons. The quantitative estimate of drug-likeness (QED) is 0.574. The van der Waals surface area contributed by atoms with Gasteiger partial charge in [0.1, 0.15) is 5.82 Å². The molecule has 0 unspecified atom stereocenters. The smallest absolute Gasteiger partial charge is 0.423 e. The summed E-state index contributed by atoms with van der Waals surface area (Å²) in [4.78, 5) is 0.645. The normalized spacial score (nSPS) is 10.2. The average Bonchev–Trinajstić information content (AvgIpc) is 2.02. The van der Waals surface area contributed by atoms with E-state index in [2.05, 4.69) is 0 Å². The number of rotatable bonds is 2. The maximum Gasteiger partial charge on any atom is 0.492 e. The second-order valence-electron chi connectivity index (χ2n) is 2.38. The molecule has 0 spiro atoms. The number of thioether (sulfide) groups is 1. The maximum atomic E-state index is 13.1. The summed E-state index contributed by atoms with van der Waals surface area (Å²) in [6, 6.07) is 2.70. The Hall–Kier alpha value is -0.225. The van der Waals surface area contributed by atoms with Gasteiger partial charge in [0, 0.05) is 15.4 Å². The van der Waals surface area contributed by atoms with Crippen molar-refractivity contribution in [2.24, 2.45) is 0 Å². The summed E-state index contributed by atoms with van der Waals surface area (Å²) in [6.07, 6.45) is 1.78. The van der Waals surface area contributed by atoms with Crippen molar-refractivity contribution < 1.29 is 14.4 Å². The molecular weight excluding hydrogens is 213 g/mol. The van der Waals surface area contributed by atoms with E-state index < -0.39 is 12.9 Å². The summed E-state index contributed by atoms with van der Waals surface area (Å²) in [7, 11) is -1.87. The minimum absolute atomic E-state index is 0.0272. The zero-order chi connectivity index (χ0) is 10.0. The van der Waals surface area contributed by atoms with E-state index >= 15 is 0 Å². The summed E-state index contributed by atoms with van der Waals surface area (Å²) >= 11 is 6.96. The predicted molar refractivity (Wildman–Crippen MR) is 53.0 cm³/mol. The molecular formula is C7H7BClFO2S. The van der Waals surface area contributed by atoms with Crippen LogP contribution in [-0.2, 0) is 0 Å². The Morgan fingerprint density at radius 3 is 2.46 bits per heavy atom. The number of hydrogen-bond acceptors (Lipinski definition) is 3. The van der Waals surface area contributed by atoms with E-state index in [0.717, 1.165) is 0 Å². The predicted octanol–water partition coefficient (Wildman–Crippen LogP) is 0.881. The van der Waals surface area contributed by atoms with Crippen molar-refractivity contribution in [3.05, 3.63) is 23.0 Å². The lowest BCUT2D eigenvalue weighted by Gasteiger charge is -2.06. The minimum atomic E-state index is -1.87. The highest BCUT2D eigenvalue weighted by Crippen LogP contribution is 2.20. The van der Waals surface area contributed by atoms with E-state index in [1.54, 1.807) is 6.26 Å². The lowest BCUT2D eigenvalue weighted by Crippen LogP contribution is -2.33. The molecule has 2 N–H and O–H groups in total. The van der Waals surface area contributed by atoms with E-state index in [9.17, 15) is 4.39 Å². The molecule has 13 heavy (non-hydrogen) atoms. The fourth-order valence-corrected chi connectivity index (χ4v) is 1.75. The van der Waals surface area contributed by atoms with Gasteiger partial charge in [0.25, 0.3) is 0 Å². The lowest BCUT2D eigenvalue weighted by molar-refractivity contribution is 0.423. The van der Waals surface area contributed by atoms with Crippen molar-refractivity contribution in [2.45, 2.75) is 4.90 Å². The molecule has 0 saturated heterocycles. The van der Waals surface area contributed by atoms with Gasteiger partial charge in [-0.3, -0.25) is 0 Å². The number of hydrogen-bond donors (Lipinski definition) is 2. The van der Waals surface area contributed by atoms with Crippen molar-refractivity contribution in [1.82, 2.24) is 0 Å². The van der Waals surface area contributed by atoms with Gasteiger partial charge in [-0.25, -0.2) is 4.39 Å². The van der Waals surface area contributed by atoms with Crippen LogP contribution in [0.1, 0.15) is 0 Å². The van der Waals surface area contributed by atoms with Crippen molar-refractivity contribution in [2.75, 3.05) is 6.26 Å². The zero-order valence-electron chi connectivity index (χ0n) is 6.79. The molecule has 0 aliphatic heterocycles. The molecule has 0 heterocycles. The van der Waals surface area contributed by atoms with Gasteiger partial charge in [-0.1, -0.05) is 11.6 Å². The highest BCUT2D eigenvalue weighted by Gasteiger charge is 2.20. The Labute approximate surface area is 84.9 Å². The first kappa shape index (κ1) is 10.9. The second-order valence-corrected chi connectivity index (χ2v) is 3.67. The van der Waals surface area contributed by atoms with Crippen LogP contribution in [0.2, 0.25) is 5.02 Å². The molecule has 1 rings (SSSR count). The van der Waals surface area contributed by atoms with Crippen LogP contribution in [0.5, 0.6) is 0 Å². The summed E-state index contributed by atoms with van der Waals surface area (Å²) < 4.78 is 13.1. The minimum Gasteiger partial charge on any atom is -0.423 e.